The second kappa shape index (κ2) is 9.58. The summed E-state index contributed by atoms with van der Waals surface area (Å²) in [5, 5.41) is 3.35. The monoisotopic (exact) mass is 382 g/mol. The molecule has 2 aliphatic heterocycles. The van der Waals surface area contributed by atoms with Crippen LogP contribution in [0.25, 0.3) is 0 Å². The Kier molecular flexibility index (Phi) is 7.74. The number of aryl methyl sites for hydroxylation is 1. The second-order valence-corrected chi connectivity index (χ2v) is 7.39. The normalized spacial score (nSPS) is 20.3. The van der Waals surface area contributed by atoms with Crippen molar-refractivity contribution in [2.45, 2.75) is 38.7 Å². The minimum atomic E-state index is -0.343. The number of benzene rings is 1. The van der Waals surface area contributed by atoms with Gasteiger partial charge in [0.15, 0.2) is 0 Å². The quantitative estimate of drug-likeness (QED) is 0.850. The van der Waals surface area contributed by atoms with Crippen molar-refractivity contribution in [2.24, 2.45) is 5.41 Å². The number of hydrogen-bond acceptors (Lipinski definition) is 4. The first-order chi connectivity index (χ1) is 12.1. The SMILES string of the molecule is COCC1(C(=O)N2CCC(Oc3ccc(C)cc3)CC2)CCNCC1.Cl. The second-order valence-electron chi connectivity index (χ2n) is 7.39. The number of carbonyl (C=O) groups excluding carboxylic acids is 1. The zero-order valence-corrected chi connectivity index (χ0v) is 16.6. The third-order valence-electron chi connectivity index (χ3n) is 5.49. The molecule has 2 fully saturated rings. The lowest BCUT2D eigenvalue weighted by Crippen LogP contribution is -2.54. The molecule has 2 heterocycles. The third-order valence-corrected chi connectivity index (χ3v) is 5.49. The van der Waals surface area contributed by atoms with E-state index in [1.807, 2.05) is 17.0 Å². The summed E-state index contributed by atoms with van der Waals surface area (Å²) >= 11 is 0. The Hall–Kier alpha value is -1.30. The van der Waals surface area contributed by atoms with E-state index in [2.05, 4.69) is 24.4 Å². The van der Waals surface area contributed by atoms with Gasteiger partial charge in [-0.25, -0.2) is 0 Å². The maximum Gasteiger partial charge on any atom is 0.231 e. The molecule has 0 spiro atoms. The lowest BCUT2D eigenvalue weighted by molar-refractivity contribution is -0.149. The van der Waals surface area contributed by atoms with Gasteiger partial charge in [-0.15, -0.1) is 12.4 Å². The van der Waals surface area contributed by atoms with E-state index in [0.717, 1.165) is 57.6 Å². The number of ether oxygens (including phenoxy) is 2. The van der Waals surface area contributed by atoms with Gasteiger partial charge in [0.25, 0.3) is 0 Å². The van der Waals surface area contributed by atoms with Crippen molar-refractivity contribution < 1.29 is 14.3 Å². The van der Waals surface area contributed by atoms with Crippen LogP contribution in [0.5, 0.6) is 5.75 Å². The molecule has 5 nitrogen and oxygen atoms in total. The van der Waals surface area contributed by atoms with Crippen molar-refractivity contribution in [3.63, 3.8) is 0 Å². The minimum Gasteiger partial charge on any atom is -0.490 e. The molecule has 0 radical (unpaired) electrons. The number of hydrogen-bond donors (Lipinski definition) is 1. The summed E-state index contributed by atoms with van der Waals surface area (Å²) in [7, 11) is 1.69. The molecule has 1 aromatic carbocycles. The summed E-state index contributed by atoms with van der Waals surface area (Å²) in [6.45, 7) is 5.92. The Morgan fingerprint density at radius 1 is 1.19 bits per heavy atom. The van der Waals surface area contributed by atoms with Gasteiger partial charge in [-0.2, -0.15) is 0 Å². The number of nitrogens with zero attached hydrogens (tertiary/aromatic N) is 1. The van der Waals surface area contributed by atoms with Crippen molar-refractivity contribution in [3.05, 3.63) is 29.8 Å². The number of rotatable bonds is 5. The molecule has 2 saturated heterocycles. The Balaban J connectivity index is 0.00000243. The molecule has 26 heavy (non-hydrogen) atoms. The van der Waals surface area contributed by atoms with Gasteiger partial charge in [-0.1, -0.05) is 17.7 Å². The van der Waals surface area contributed by atoms with Crippen molar-refractivity contribution in [1.29, 1.82) is 0 Å². The zero-order chi connectivity index (χ0) is 17.7. The van der Waals surface area contributed by atoms with E-state index < -0.39 is 0 Å². The Bertz CT molecular complexity index is 559. The average molecular weight is 383 g/mol. The first-order valence-electron chi connectivity index (χ1n) is 9.35. The van der Waals surface area contributed by atoms with Gasteiger partial charge in [0.1, 0.15) is 11.9 Å². The molecule has 146 valence electrons. The molecular formula is C20H31ClN2O3. The van der Waals surface area contributed by atoms with Gasteiger partial charge < -0.3 is 19.7 Å². The summed E-state index contributed by atoms with van der Waals surface area (Å²) in [6, 6.07) is 8.18. The summed E-state index contributed by atoms with van der Waals surface area (Å²) in [6.07, 6.45) is 3.69. The van der Waals surface area contributed by atoms with Crippen molar-refractivity contribution >= 4 is 18.3 Å². The number of carbonyl (C=O) groups is 1. The number of likely N-dealkylation sites (tertiary alicyclic amines) is 1. The van der Waals surface area contributed by atoms with Crippen LogP contribution in [0.3, 0.4) is 0 Å². The first kappa shape index (κ1) is 21.0. The molecule has 0 unspecified atom stereocenters. The molecule has 6 heteroatoms. The van der Waals surface area contributed by atoms with E-state index in [0.29, 0.717) is 6.61 Å². The number of methoxy groups -OCH3 is 1. The van der Waals surface area contributed by atoms with E-state index in [1.54, 1.807) is 7.11 Å². The van der Waals surface area contributed by atoms with E-state index >= 15 is 0 Å². The number of piperidine rings is 2. The van der Waals surface area contributed by atoms with Crippen LogP contribution < -0.4 is 10.1 Å². The highest BCUT2D eigenvalue weighted by molar-refractivity contribution is 5.85. The molecular weight excluding hydrogens is 352 g/mol. The van der Waals surface area contributed by atoms with Crippen molar-refractivity contribution in [3.8, 4) is 5.75 Å². The van der Waals surface area contributed by atoms with Crippen LogP contribution in [0.1, 0.15) is 31.2 Å². The van der Waals surface area contributed by atoms with Crippen LogP contribution in [0.4, 0.5) is 0 Å². The predicted molar refractivity (Wildman–Crippen MR) is 105 cm³/mol. The molecule has 0 aromatic heterocycles. The zero-order valence-electron chi connectivity index (χ0n) is 15.8. The largest absolute Gasteiger partial charge is 0.490 e. The average Bonchev–Trinajstić information content (AvgIpc) is 2.65. The van der Waals surface area contributed by atoms with E-state index in [1.165, 1.54) is 5.56 Å². The Morgan fingerprint density at radius 2 is 1.81 bits per heavy atom. The fourth-order valence-electron chi connectivity index (χ4n) is 3.92. The topological polar surface area (TPSA) is 50.8 Å². The molecule has 0 bridgehead atoms. The molecule has 3 rings (SSSR count). The van der Waals surface area contributed by atoms with Gasteiger partial charge in [0.05, 0.1) is 12.0 Å². The minimum absolute atomic E-state index is 0. The van der Waals surface area contributed by atoms with Gasteiger partial charge in [-0.3, -0.25) is 4.79 Å². The smallest absolute Gasteiger partial charge is 0.231 e. The molecule has 2 aliphatic rings. The highest BCUT2D eigenvalue weighted by Crippen LogP contribution is 2.33. The number of amides is 1. The summed E-state index contributed by atoms with van der Waals surface area (Å²) < 4.78 is 11.5. The molecule has 0 aliphatic carbocycles. The van der Waals surface area contributed by atoms with Gasteiger partial charge in [0.2, 0.25) is 5.91 Å². The molecule has 0 saturated carbocycles. The van der Waals surface area contributed by atoms with E-state index in [9.17, 15) is 4.79 Å². The number of nitrogens with one attached hydrogen (secondary N) is 1. The maximum absolute atomic E-state index is 13.1. The summed E-state index contributed by atoms with van der Waals surface area (Å²) in [5.41, 5.74) is 0.892. The van der Waals surface area contributed by atoms with Gasteiger partial charge >= 0.3 is 0 Å². The maximum atomic E-state index is 13.1. The molecule has 1 N–H and O–H groups in total. The van der Waals surface area contributed by atoms with Crippen LogP contribution in [-0.2, 0) is 9.53 Å². The van der Waals surface area contributed by atoms with Crippen LogP contribution in [0.2, 0.25) is 0 Å². The lowest BCUT2D eigenvalue weighted by Gasteiger charge is -2.41. The van der Waals surface area contributed by atoms with E-state index in [-0.39, 0.29) is 29.8 Å². The highest BCUT2D eigenvalue weighted by atomic mass is 35.5. The Labute approximate surface area is 162 Å². The van der Waals surface area contributed by atoms with Gasteiger partial charge in [0, 0.05) is 33.0 Å². The molecule has 1 amide bonds. The number of halogens is 1. The first-order valence-corrected chi connectivity index (χ1v) is 9.35. The molecule has 0 atom stereocenters. The summed E-state index contributed by atoms with van der Waals surface area (Å²) in [5.74, 6) is 1.19. The van der Waals surface area contributed by atoms with E-state index in [4.69, 9.17) is 9.47 Å². The van der Waals surface area contributed by atoms with Crippen LogP contribution in [0.15, 0.2) is 24.3 Å². The third kappa shape index (κ3) is 4.90. The highest BCUT2D eigenvalue weighted by Gasteiger charge is 2.43. The fourth-order valence-corrected chi connectivity index (χ4v) is 3.92. The van der Waals surface area contributed by atoms with Crippen molar-refractivity contribution in [2.75, 3.05) is 39.9 Å². The van der Waals surface area contributed by atoms with Crippen LogP contribution in [-0.4, -0.2) is 56.8 Å². The summed E-state index contributed by atoms with van der Waals surface area (Å²) in [4.78, 5) is 15.2. The van der Waals surface area contributed by atoms with Crippen LogP contribution in [0, 0.1) is 12.3 Å². The van der Waals surface area contributed by atoms with Gasteiger partial charge in [-0.05, 0) is 45.0 Å². The predicted octanol–water partition coefficient (Wildman–Crippen LogP) is 2.80. The van der Waals surface area contributed by atoms with Crippen molar-refractivity contribution in [1.82, 2.24) is 10.2 Å². The lowest BCUT2D eigenvalue weighted by atomic mass is 9.78. The Morgan fingerprint density at radius 3 is 2.38 bits per heavy atom. The standard InChI is InChI=1S/C20H30N2O3.ClH/c1-16-3-5-17(6-4-16)25-18-7-13-22(14-8-18)19(23)20(15-24-2)9-11-21-12-10-20;/h3-6,18,21H,7-15H2,1-2H3;1H. The fraction of sp³-hybridized carbons (Fsp3) is 0.650. The molecule has 1 aromatic rings. The van der Waals surface area contributed by atoms with Crippen LogP contribution >= 0.6 is 12.4 Å².